The predicted octanol–water partition coefficient (Wildman–Crippen LogP) is 9.52. The number of amides is 1. The van der Waals surface area contributed by atoms with Gasteiger partial charge in [0, 0.05) is 17.6 Å². The summed E-state index contributed by atoms with van der Waals surface area (Å²) >= 11 is 0. The van der Waals surface area contributed by atoms with Crippen LogP contribution in [0.25, 0.3) is 0 Å². The summed E-state index contributed by atoms with van der Waals surface area (Å²) in [6.07, 6.45) is 25.9. The Hall–Kier alpha value is -1.40. The molecule has 0 saturated carbocycles. The molecule has 0 unspecified atom stereocenters. The topological polar surface area (TPSA) is 75.3 Å². The van der Waals surface area contributed by atoms with Gasteiger partial charge in [0.2, 0.25) is 15.9 Å². The van der Waals surface area contributed by atoms with Crippen LogP contribution in [0.5, 0.6) is 0 Å². The van der Waals surface area contributed by atoms with Crippen LogP contribution < -0.4 is 10.0 Å². The summed E-state index contributed by atoms with van der Waals surface area (Å²) in [7, 11) is -3.57. The zero-order valence-corrected chi connectivity index (χ0v) is 25.9. The molecule has 0 aliphatic heterocycles. The van der Waals surface area contributed by atoms with Gasteiger partial charge in [-0.25, -0.2) is 13.1 Å². The predicted molar refractivity (Wildman–Crippen MR) is 163 cm³/mol. The molecule has 1 amide bonds. The van der Waals surface area contributed by atoms with Crippen LogP contribution in [0.3, 0.4) is 0 Å². The molecule has 38 heavy (non-hydrogen) atoms. The van der Waals surface area contributed by atoms with Crippen LogP contribution in [0.15, 0.2) is 29.2 Å². The first-order valence-electron chi connectivity index (χ1n) is 15.6. The van der Waals surface area contributed by atoms with Crippen molar-refractivity contribution in [1.82, 2.24) is 4.72 Å². The summed E-state index contributed by atoms with van der Waals surface area (Å²) in [6, 6.07) is 6.35. The third-order valence-corrected chi connectivity index (χ3v) is 8.67. The fourth-order valence-corrected chi connectivity index (χ4v) is 6.19. The van der Waals surface area contributed by atoms with E-state index in [1.807, 2.05) is 0 Å². The molecule has 0 aromatic heterocycles. The van der Waals surface area contributed by atoms with Crippen LogP contribution >= 0.6 is 0 Å². The van der Waals surface area contributed by atoms with Gasteiger partial charge < -0.3 is 5.32 Å². The van der Waals surface area contributed by atoms with Gasteiger partial charge >= 0.3 is 0 Å². The van der Waals surface area contributed by atoms with E-state index >= 15 is 0 Å². The number of sulfonamides is 1. The minimum absolute atomic E-state index is 0.0135. The number of anilines is 1. The molecule has 0 atom stereocenters. The van der Waals surface area contributed by atoms with E-state index in [0.717, 1.165) is 12.8 Å². The SMILES string of the molecule is CCCCCCCCCCCCCCCCCCCCCC(=O)Nc1ccc(S(=O)(=O)NC(C)(C)C)cc1. The maximum atomic E-state index is 12.4. The number of unbranched alkanes of at least 4 members (excludes halogenated alkanes) is 18. The third-order valence-electron chi connectivity index (χ3n) is 6.90. The van der Waals surface area contributed by atoms with Crippen LogP contribution in [0.4, 0.5) is 5.69 Å². The van der Waals surface area contributed by atoms with Crippen LogP contribution in [-0.4, -0.2) is 19.9 Å². The second-order valence-electron chi connectivity index (χ2n) is 12.0. The monoisotopic (exact) mass is 550 g/mol. The summed E-state index contributed by atoms with van der Waals surface area (Å²) in [4.78, 5) is 12.4. The minimum atomic E-state index is -3.57. The number of benzene rings is 1. The second-order valence-corrected chi connectivity index (χ2v) is 13.7. The quantitative estimate of drug-likeness (QED) is 0.133. The molecule has 0 aliphatic rings. The number of hydrogen-bond donors (Lipinski definition) is 2. The van der Waals surface area contributed by atoms with E-state index < -0.39 is 15.6 Å². The van der Waals surface area contributed by atoms with Crippen LogP contribution in [-0.2, 0) is 14.8 Å². The first-order chi connectivity index (χ1) is 18.1. The molecule has 0 aliphatic carbocycles. The average molecular weight is 551 g/mol. The number of hydrogen-bond acceptors (Lipinski definition) is 3. The van der Waals surface area contributed by atoms with Crippen molar-refractivity contribution in [3.8, 4) is 0 Å². The van der Waals surface area contributed by atoms with Gasteiger partial charge in [0.05, 0.1) is 4.90 Å². The molecule has 0 bridgehead atoms. The Labute approximate surface area is 235 Å². The van der Waals surface area contributed by atoms with Crippen molar-refractivity contribution in [3.63, 3.8) is 0 Å². The summed E-state index contributed by atoms with van der Waals surface area (Å²) in [5.41, 5.74) is 0.0836. The fraction of sp³-hybridized carbons (Fsp3) is 0.781. The second kappa shape index (κ2) is 20.5. The van der Waals surface area contributed by atoms with E-state index in [9.17, 15) is 13.2 Å². The maximum absolute atomic E-state index is 12.4. The molecule has 1 aromatic rings. The van der Waals surface area contributed by atoms with Crippen molar-refractivity contribution >= 4 is 21.6 Å². The van der Waals surface area contributed by atoms with Crippen molar-refractivity contribution in [2.45, 2.75) is 167 Å². The van der Waals surface area contributed by atoms with Crippen LogP contribution in [0.2, 0.25) is 0 Å². The van der Waals surface area contributed by atoms with Gasteiger partial charge in [-0.1, -0.05) is 122 Å². The van der Waals surface area contributed by atoms with Gasteiger partial charge in [-0.05, 0) is 51.5 Å². The molecular formula is C32H58N2O3S. The van der Waals surface area contributed by atoms with E-state index in [0.29, 0.717) is 12.1 Å². The summed E-state index contributed by atoms with van der Waals surface area (Å²) in [5, 5.41) is 2.87. The van der Waals surface area contributed by atoms with Gasteiger partial charge in [0.15, 0.2) is 0 Å². The standard InChI is InChI=1S/C32H58N2O3S/c1-5-6-7-8-9-10-11-12-13-14-15-16-17-18-19-20-21-22-23-24-31(35)33-29-25-27-30(28-26-29)38(36,37)34-32(2,3)4/h25-28,34H,5-24H2,1-4H3,(H,33,35). The Morgan fingerprint density at radius 3 is 1.37 bits per heavy atom. The molecule has 0 heterocycles. The lowest BCUT2D eigenvalue weighted by molar-refractivity contribution is -0.116. The van der Waals surface area contributed by atoms with Gasteiger partial charge in [-0.15, -0.1) is 0 Å². The smallest absolute Gasteiger partial charge is 0.241 e. The fourth-order valence-electron chi connectivity index (χ4n) is 4.77. The number of rotatable bonds is 23. The van der Waals surface area contributed by atoms with Crippen LogP contribution in [0, 0.1) is 0 Å². The Bertz CT molecular complexity index is 829. The maximum Gasteiger partial charge on any atom is 0.241 e. The van der Waals surface area contributed by atoms with E-state index in [1.54, 1.807) is 32.9 Å². The van der Waals surface area contributed by atoms with Crippen molar-refractivity contribution in [2.75, 3.05) is 5.32 Å². The first-order valence-corrected chi connectivity index (χ1v) is 17.1. The highest BCUT2D eigenvalue weighted by molar-refractivity contribution is 7.89. The lowest BCUT2D eigenvalue weighted by Gasteiger charge is -2.20. The molecule has 0 fully saturated rings. The normalized spacial score (nSPS) is 12.1. The molecule has 5 nitrogen and oxygen atoms in total. The molecule has 6 heteroatoms. The summed E-state index contributed by atoms with van der Waals surface area (Å²) < 4.78 is 27.4. The Kier molecular flexibility index (Phi) is 18.7. The van der Waals surface area contributed by atoms with E-state index in [2.05, 4.69) is 17.0 Å². The Balaban J connectivity index is 1.95. The lowest BCUT2D eigenvalue weighted by Crippen LogP contribution is -2.40. The third kappa shape index (κ3) is 18.8. The molecular weight excluding hydrogens is 492 g/mol. The highest BCUT2D eigenvalue weighted by Crippen LogP contribution is 2.18. The molecule has 0 saturated heterocycles. The Morgan fingerprint density at radius 2 is 1.00 bits per heavy atom. The molecule has 0 spiro atoms. The average Bonchev–Trinajstić information content (AvgIpc) is 2.84. The first kappa shape index (κ1) is 34.6. The number of nitrogens with one attached hydrogen (secondary N) is 2. The lowest BCUT2D eigenvalue weighted by atomic mass is 10.0. The highest BCUT2D eigenvalue weighted by Gasteiger charge is 2.21. The van der Waals surface area contributed by atoms with E-state index in [-0.39, 0.29) is 10.8 Å². The Morgan fingerprint density at radius 1 is 0.632 bits per heavy atom. The molecule has 1 rings (SSSR count). The van der Waals surface area contributed by atoms with Crippen molar-refractivity contribution in [3.05, 3.63) is 24.3 Å². The summed E-state index contributed by atoms with van der Waals surface area (Å²) in [5.74, 6) is -0.0135. The zero-order chi connectivity index (χ0) is 28.1. The highest BCUT2D eigenvalue weighted by atomic mass is 32.2. The van der Waals surface area contributed by atoms with Crippen LogP contribution in [0.1, 0.15) is 156 Å². The summed E-state index contributed by atoms with van der Waals surface area (Å²) in [6.45, 7) is 7.70. The molecule has 220 valence electrons. The van der Waals surface area contributed by atoms with E-state index in [4.69, 9.17) is 0 Å². The zero-order valence-electron chi connectivity index (χ0n) is 25.1. The van der Waals surface area contributed by atoms with Crippen molar-refractivity contribution in [2.24, 2.45) is 0 Å². The van der Waals surface area contributed by atoms with Crippen molar-refractivity contribution < 1.29 is 13.2 Å². The minimum Gasteiger partial charge on any atom is -0.326 e. The van der Waals surface area contributed by atoms with Gasteiger partial charge in [-0.3, -0.25) is 4.79 Å². The number of carbonyl (C=O) groups excluding carboxylic acids is 1. The largest absolute Gasteiger partial charge is 0.326 e. The van der Waals surface area contributed by atoms with Gasteiger partial charge in [0.25, 0.3) is 0 Å². The molecule has 1 aromatic carbocycles. The number of carbonyl (C=O) groups is 1. The van der Waals surface area contributed by atoms with Gasteiger partial charge in [0.1, 0.15) is 0 Å². The van der Waals surface area contributed by atoms with Crippen molar-refractivity contribution in [1.29, 1.82) is 0 Å². The molecule has 0 radical (unpaired) electrons. The van der Waals surface area contributed by atoms with E-state index in [1.165, 1.54) is 121 Å². The molecule has 2 N–H and O–H groups in total. The van der Waals surface area contributed by atoms with Gasteiger partial charge in [-0.2, -0.15) is 0 Å².